The molecule has 0 aliphatic heterocycles. The van der Waals surface area contributed by atoms with Gasteiger partial charge in [0, 0.05) is 23.7 Å². The van der Waals surface area contributed by atoms with Crippen molar-refractivity contribution in [3.8, 4) is 16.5 Å². The van der Waals surface area contributed by atoms with Crippen LogP contribution in [0.2, 0.25) is 0 Å². The lowest BCUT2D eigenvalue weighted by Gasteiger charge is -2.10. The Kier molecular flexibility index (Phi) is 4.98. The van der Waals surface area contributed by atoms with Crippen LogP contribution in [0, 0.1) is 13.8 Å². The molecule has 0 aliphatic carbocycles. The summed E-state index contributed by atoms with van der Waals surface area (Å²) in [4.78, 5) is 33.7. The number of pyridine rings is 1. The number of esters is 1. The van der Waals surface area contributed by atoms with Crippen molar-refractivity contribution in [1.82, 2.24) is 9.97 Å². The van der Waals surface area contributed by atoms with Crippen LogP contribution in [0.25, 0.3) is 21.7 Å². The Morgan fingerprint density at radius 2 is 2.03 bits per heavy atom. The fraction of sp³-hybridized carbons (Fsp3) is 0.182. The minimum absolute atomic E-state index is 0.380. The number of carbonyl (C=O) groups excluding carboxylic acids is 1. The SMILES string of the molecule is CCc1cc2c(C)cc(=O)oc2cc1OC(=O)c1sc(-c2ccccn2)nc1C. The van der Waals surface area contributed by atoms with Crippen molar-refractivity contribution in [1.29, 1.82) is 0 Å². The fourth-order valence-corrected chi connectivity index (χ4v) is 4.01. The van der Waals surface area contributed by atoms with E-state index >= 15 is 0 Å². The summed E-state index contributed by atoms with van der Waals surface area (Å²) >= 11 is 1.24. The Bertz CT molecular complexity index is 1280. The zero-order chi connectivity index (χ0) is 20.5. The summed E-state index contributed by atoms with van der Waals surface area (Å²) in [6, 6.07) is 10.5. The van der Waals surface area contributed by atoms with Crippen LogP contribution in [0.15, 0.2) is 51.8 Å². The first-order valence-electron chi connectivity index (χ1n) is 9.14. The summed E-state index contributed by atoms with van der Waals surface area (Å²) in [6.45, 7) is 5.59. The van der Waals surface area contributed by atoms with Crippen molar-refractivity contribution in [3.05, 3.63) is 74.7 Å². The van der Waals surface area contributed by atoms with Gasteiger partial charge in [0.15, 0.2) is 0 Å². The van der Waals surface area contributed by atoms with Gasteiger partial charge in [0.05, 0.1) is 11.4 Å². The van der Waals surface area contributed by atoms with Crippen LogP contribution < -0.4 is 10.4 Å². The van der Waals surface area contributed by atoms with Gasteiger partial charge in [0.2, 0.25) is 0 Å². The third kappa shape index (κ3) is 3.69. The molecule has 0 amide bonds. The summed E-state index contributed by atoms with van der Waals surface area (Å²) in [7, 11) is 0. The maximum Gasteiger partial charge on any atom is 0.355 e. The lowest BCUT2D eigenvalue weighted by molar-refractivity contribution is 0.0737. The van der Waals surface area contributed by atoms with E-state index in [0.29, 0.717) is 39.0 Å². The molecule has 4 rings (SSSR count). The van der Waals surface area contributed by atoms with E-state index in [1.165, 1.54) is 17.4 Å². The van der Waals surface area contributed by atoms with E-state index in [-0.39, 0.29) is 0 Å². The Hall–Kier alpha value is -3.32. The van der Waals surface area contributed by atoms with Crippen molar-refractivity contribution < 1.29 is 13.9 Å². The summed E-state index contributed by atoms with van der Waals surface area (Å²) in [6.07, 6.45) is 2.35. The van der Waals surface area contributed by atoms with Gasteiger partial charge >= 0.3 is 11.6 Å². The molecule has 3 aromatic heterocycles. The molecule has 1 aromatic carbocycles. The minimum Gasteiger partial charge on any atom is -0.423 e. The van der Waals surface area contributed by atoms with Crippen molar-refractivity contribution in [2.75, 3.05) is 0 Å². The predicted molar refractivity (Wildman–Crippen MR) is 112 cm³/mol. The number of aromatic nitrogens is 2. The van der Waals surface area contributed by atoms with Crippen LogP contribution in [0.3, 0.4) is 0 Å². The maximum absolute atomic E-state index is 12.9. The van der Waals surface area contributed by atoms with Crippen molar-refractivity contribution in [2.45, 2.75) is 27.2 Å². The number of fused-ring (bicyclic) bond motifs is 1. The third-order valence-electron chi connectivity index (χ3n) is 4.58. The molecule has 29 heavy (non-hydrogen) atoms. The van der Waals surface area contributed by atoms with Gasteiger partial charge in [-0.25, -0.2) is 14.6 Å². The first kappa shape index (κ1) is 19.0. The fourth-order valence-electron chi connectivity index (χ4n) is 3.09. The molecular formula is C22H18N2O4S. The number of ether oxygens (including phenoxy) is 1. The van der Waals surface area contributed by atoms with Gasteiger partial charge in [-0.2, -0.15) is 0 Å². The van der Waals surface area contributed by atoms with Crippen LogP contribution >= 0.6 is 11.3 Å². The molecule has 0 radical (unpaired) electrons. The van der Waals surface area contributed by atoms with E-state index in [2.05, 4.69) is 9.97 Å². The molecule has 0 unspecified atom stereocenters. The number of thiazole rings is 1. The molecule has 0 aliphatic rings. The Morgan fingerprint density at radius 1 is 1.21 bits per heavy atom. The zero-order valence-electron chi connectivity index (χ0n) is 16.2. The Morgan fingerprint density at radius 3 is 2.76 bits per heavy atom. The topological polar surface area (TPSA) is 82.3 Å². The molecular weight excluding hydrogens is 388 g/mol. The van der Waals surface area contributed by atoms with E-state index in [4.69, 9.17) is 9.15 Å². The van der Waals surface area contributed by atoms with Crippen molar-refractivity contribution >= 4 is 28.3 Å². The molecule has 3 heterocycles. The quantitative estimate of drug-likeness (QED) is 0.277. The Balaban J connectivity index is 1.71. The molecule has 6 nitrogen and oxygen atoms in total. The van der Waals surface area contributed by atoms with Crippen LogP contribution in [0.5, 0.6) is 5.75 Å². The maximum atomic E-state index is 12.9. The Labute approximate surface area is 170 Å². The monoisotopic (exact) mass is 406 g/mol. The lowest BCUT2D eigenvalue weighted by Crippen LogP contribution is -2.10. The standard InChI is InChI=1S/C22H18N2O4S/c1-4-14-10-15-12(2)9-19(25)27-18(15)11-17(14)28-22(26)20-13(3)24-21(29-20)16-7-5-6-8-23-16/h5-11H,4H2,1-3H3. The average molecular weight is 406 g/mol. The normalized spacial score (nSPS) is 11.0. The lowest BCUT2D eigenvalue weighted by atomic mass is 10.1. The van der Waals surface area contributed by atoms with Gasteiger partial charge < -0.3 is 9.15 Å². The van der Waals surface area contributed by atoms with Gasteiger partial charge in [0.25, 0.3) is 0 Å². The van der Waals surface area contributed by atoms with Crippen molar-refractivity contribution in [3.63, 3.8) is 0 Å². The van der Waals surface area contributed by atoms with E-state index in [9.17, 15) is 9.59 Å². The molecule has 0 spiro atoms. The summed E-state index contributed by atoms with van der Waals surface area (Å²) in [5, 5.41) is 1.48. The third-order valence-corrected chi connectivity index (χ3v) is 5.74. The highest BCUT2D eigenvalue weighted by atomic mass is 32.1. The number of aryl methyl sites for hydroxylation is 3. The molecule has 0 saturated carbocycles. The first-order chi connectivity index (χ1) is 14.0. The van der Waals surface area contributed by atoms with E-state index in [1.807, 2.05) is 38.1 Å². The van der Waals surface area contributed by atoms with Crippen LogP contribution in [0.4, 0.5) is 0 Å². The molecule has 146 valence electrons. The number of hydrogen-bond acceptors (Lipinski definition) is 7. The minimum atomic E-state index is -0.494. The molecule has 0 atom stereocenters. The molecule has 7 heteroatoms. The molecule has 0 bridgehead atoms. The van der Waals surface area contributed by atoms with E-state index in [0.717, 1.165) is 16.5 Å². The number of carbonyl (C=O) groups is 1. The number of rotatable bonds is 4. The van der Waals surface area contributed by atoms with Crippen LogP contribution in [0.1, 0.15) is 33.4 Å². The summed E-state index contributed by atoms with van der Waals surface area (Å²) in [5.74, 6) is -0.114. The number of benzene rings is 1. The van der Waals surface area contributed by atoms with Gasteiger partial charge in [-0.15, -0.1) is 11.3 Å². The summed E-state index contributed by atoms with van der Waals surface area (Å²) in [5.41, 5.74) is 2.93. The first-order valence-corrected chi connectivity index (χ1v) is 9.96. The second-order valence-electron chi connectivity index (χ2n) is 6.60. The largest absolute Gasteiger partial charge is 0.423 e. The molecule has 4 aromatic rings. The van der Waals surface area contributed by atoms with Crippen molar-refractivity contribution in [2.24, 2.45) is 0 Å². The predicted octanol–water partition coefficient (Wildman–Crippen LogP) is 4.71. The molecule has 0 N–H and O–H groups in total. The average Bonchev–Trinajstić information content (AvgIpc) is 3.10. The smallest absolute Gasteiger partial charge is 0.355 e. The highest BCUT2D eigenvalue weighted by Gasteiger charge is 2.20. The second kappa shape index (κ2) is 7.60. The second-order valence-corrected chi connectivity index (χ2v) is 7.60. The highest BCUT2D eigenvalue weighted by Crippen LogP contribution is 2.31. The van der Waals surface area contributed by atoms with Crippen LogP contribution in [-0.4, -0.2) is 15.9 Å². The van der Waals surface area contributed by atoms with Gasteiger partial charge in [-0.3, -0.25) is 4.98 Å². The summed E-state index contributed by atoms with van der Waals surface area (Å²) < 4.78 is 11.0. The van der Waals surface area contributed by atoms with E-state index in [1.54, 1.807) is 19.2 Å². The molecule has 0 fully saturated rings. The van der Waals surface area contributed by atoms with Gasteiger partial charge in [-0.05, 0) is 49.6 Å². The van der Waals surface area contributed by atoms with E-state index < -0.39 is 11.6 Å². The number of nitrogens with zero attached hydrogens (tertiary/aromatic N) is 2. The van der Waals surface area contributed by atoms with Gasteiger partial charge in [-0.1, -0.05) is 13.0 Å². The van der Waals surface area contributed by atoms with Gasteiger partial charge in [0.1, 0.15) is 21.2 Å². The zero-order valence-corrected chi connectivity index (χ0v) is 17.0. The highest BCUT2D eigenvalue weighted by molar-refractivity contribution is 7.17. The number of hydrogen-bond donors (Lipinski definition) is 0. The molecule has 0 saturated heterocycles. The van der Waals surface area contributed by atoms with Crippen LogP contribution in [-0.2, 0) is 6.42 Å².